The van der Waals surface area contributed by atoms with Gasteiger partial charge in [0.05, 0.1) is 0 Å². The van der Waals surface area contributed by atoms with Gasteiger partial charge < -0.3 is 9.47 Å². The Kier molecular flexibility index (Phi) is 3.44. The zero-order chi connectivity index (χ0) is 11.4. The van der Waals surface area contributed by atoms with Gasteiger partial charge in [-0.2, -0.15) is 0 Å². The lowest BCUT2D eigenvalue weighted by molar-refractivity contribution is 0.00469. The Hall–Kier alpha value is -1.51. The first-order valence-electron chi connectivity index (χ1n) is 5.74. The molecule has 86 valence electrons. The fourth-order valence-corrected chi connectivity index (χ4v) is 1.92. The topological polar surface area (TPSA) is 35.5 Å². The van der Waals surface area contributed by atoms with Gasteiger partial charge in [-0.3, -0.25) is 0 Å². The molecular formula is C13H16O3. The summed E-state index contributed by atoms with van der Waals surface area (Å²) in [6.45, 7) is 2.20. The lowest BCUT2D eigenvalue weighted by atomic mass is 10.0. The van der Waals surface area contributed by atoms with Crippen LogP contribution >= 0.6 is 0 Å². The first-order chi connectivity index (χ1) is 7.83. The van der Waals surface area contributed by atoms with Crippen molar-refractivity contribution in [2.45, 2.75) is 32.6 Å². The van der Waals surface area contributed by atoms with Crippen molar-refractivity contribution in [3.8, 4) is 5.75 Å². The molecule has 1 aliphatic heterocycles. The standard InChI is InChI=1S/C13H16O3/c1-2-3-4-6-10-7-5-8-11-12(10)13(14)16-9-15-11/h5,7-8H,2-4,6,9H2,1H3. The van der Waals surface area contributed by atoms with Crippen LogP contribution in [-0.2, 0) is 11.2 Å². The van der Waals surface area contributed by atoms with Crippen molar-refractivity contribution >= 4 is 5.97 Å². The van der Waals surface area contributed by atoms with E-state index in [-0.39, 0.29) is 12.8 Å². The Labute approximate surface area is 95.4 Å². The number of unbranched alkanes of at least 4 members (excludes halogenated alkanes) is 2. The van der Waals surface area contributed by atoms with E-state index in [0.717, 1.165) is 18.4 Å². The minimum atomic E-state index is -0.256. The second-order valence-corrected chi connectivity index (χ2v) is 3.94. The highest BCUT2D eigenvalue weighted by molar-refractivity contribution is 5.94. The summed E-state index contributed by atoms with van der Waals surface area (Å²) in [4.78, 5) is 11.6. The van der Waals surface area contributed by atoms with Gasteiger partial charge in [0.25, 0.3) is 0 Å². The van der Waals surface area contributed by atoms with E-state index in [2.05, 4.69) is 6.92 Å². The second-order valence-electron chi connectivity index (χ2n) is 3.94. The maximum Gasteiger partial charge on any atom is 0.345 e. The Morgan fingerprint density at radius 2 is 2.12 bits per heavy atom. The molecule has 16 heavy (non-hydrogen) atoms. The van der Waals surface area contributed by atoms with Crippen LogP contribution in [0.1, 0.15) is 42.1 Å². The van der Waals surface area contributed by atoms with Crippen LogP contribution in [0.4, 0.5) is 0 Å². The average Bonchev–Trinajstić information content (AvgIpc) is 2.30. The highest BCUT2D eigenvalue weighted by atomic mass is 16.7. The molecule has 0 spiro atoms. The molecule has 0 saturated heterocycles. The third-order valence-corrected chi connectivity index (χ3v) is 2.77. The summed E-state index contributed by atoms with van der Waals surface area (Å²) in [7, 11) is 0. The summed E-state index contributed by atoms with van der Waals surface area (Å²) in [5.41, 5.74) is 1.65. The largest absolute Gasteiger partial charge is 0.456 e. The smallest absolute Gasteiger partial charge is 0.345 e. The molecule has 3 nitrogen and oxygen atoms in total. The predicted octanol–water partition coefficient (Wildman–Crippen LogP) is 2.93. The molecule has 1 heterocycles. The molecule has 1 aromatic carbocycles. The van der Waals surface area contributed by atoms with Crippen LogP contribution in [0.15, 0.2) is 18.2 Å². The number of rotatable bonds is 4. The Morgan fingerprint density at radius 1 is 1.25 bits per heavy atom. The van der Waals surface area contributed by atoms with Gasteiger partial charge in [-0.15, -0.1) is 0 Å². The zero-order valence-corrected chi connectivity index (χ0v) is 9.49. The third-order valence-electron chi connectivity index (χ3n) is 2.77. The summed E-state index contributed by atoms with van der Waals surface area (Å²) in [6.07, 6.45) is 4.37. The van der Waals surface area contributed by atoms with E-state index in [4.69, 9.17) is 9.47 Å². The molecule has 0 amide bonds. The number of hydrogen-bond acceptors (Lipinski definition) is 3. The predicted molar refractivity (Wildman–Crippen MR) is 60.6 cm³/mol. The van der Waals surface area contributed by atoms with Crippen molar-refractivity contribution in [1.29, 1.82) is 0 Å². The summed E-state index contributed by atoms with van der Waals surface area (Å²) >= 11 is 0. The van der Waals surface area contributed by atoms with E-state index < -0.39 is 0 Å². The van der Waals surface area contributed by atoms with Gasteiger partial charge in [0.1, 0.15) is 11.3 Å². The van der Waals surface area contributed by atoms with Gasteiger partial charge in [0, 0.05) is 0 Å². The molecule has 0 unspecified atom stereocenters. The summed E-state index contributed by atoms with van der Waals surface area (Å²) in [5.74, 6) is 0.401. The van der Waals surface area contributed by atoms with Gasteiger partial charge in [-0.1, -0.05) is 31.9 Å². The summed E-state index contributed by atoms with van der Waals surface area (Å²) in [6, 6.07) is 5.72. The van der Waals surface area contributed by atoms with Gasteiger partial charge in [0.15, 0.2) is 0 Å². The van der Waals surface area contributed by atoms with Gasteiger partial charge in [-0.25, -0.2) is 4.79 Å². The fourth-order valence-electron chi connectivity index (χ4n) is 1.92. The lowest BCUT2D eigenvalue weighted by Crippen LogP contribution is -2.20. The fraction of sp³-hybridized carbons (Fsp3) is 0.462. The summed E-state index contributed by atoms with van der Waals surface area (Å²) < 4.78 is 10.2. The SMILES string of the molecule is CCCCCc1cccc2c1C(=O)OCO2. The third kappa shape index (κ3) is 2.18. The van der Waals surface area contributed by atoms with Gasteiger partial charge in [0.2, 0.25) is 6.79 Å². The number of aryl methyl sites for hydroxylation is 1. The number of benzene rings is 1. The van der Waals surface area contributed by atoms with Crippen LogP contribution in [0.3, 0.4) is 0 Å². The Balaban J connectivity index is 2.21. The van der Waals surface area contributed by atoms with E-state index in [1.807, 2.05) is 18.2 Å². The van der Waals surface area contributed by atoms with Gasteiger partial charge >= 0.3 is 5.97 Å². The minimum absolute atomic E-state index is 0.0320. The monoisotopic (exact) mass is 220 g/mol. The maximum absolute atomic E-state index is 11.6. The van der Waals surface area contributed by atoms with E-state index in [1.165, 1.54) is 12.8 Å². The maximum atomic E-state index is 11.6. The molecule has 0 saturated carbocycles. The Morgan fingerprint density at radius 3 is 2.94 bits per heavy atom. The Bertz CT molecular complexity index is 385. The molecule has 0 bridgehead atoms. The first kappa shape index (κ1) is 11.0. The first-order valence-corrected chi connectivity index (χ1v) is 5.74. The van der Waals surface area contributed by atoms with Crippen molar-refractivity contribution in [3.05, 3.63) is 29.3 Å². The van der Waals surface area contributed by atoms with Crippen molar-refractivity contribution in [2.24, 2.45) is 0 Å². The van der Waals surface area contributed by atoms with Crippen molar-refractivity contribution in [3.63, 3.8) is 0 Å². The molecule has 1 aromatic rings. The molecule has 0 N–H and O–H groups in total. The highest BCUT2D eigenvalue weighted by Gasteiger charge is 2.22. The number of cyclic esters (lactones) is 1. The molecule has 2 rings (SSSR count). The van der Waals surface area contributed by atoms with Crippen LogP contribution in [0.25, 0.3) is 0 Å². The quantitative estimate of drug-likeness (QED) is 0.578. The van der Waals surface area contributed by atoms with Crippen molar-refractivity contribution in [1.82, 2.24) is 0 Å². The van der Waals surface area contributed by atoms with Crippen LogP contribution in [0.2, 0.25) is 0 Å². The van der Waals surface area contributed by atoms with Crippen molar-refractivity contribution in [2.75, 3.05) is 6.79 Å². The van der Waals surface area contributed by atoms with Crippen molar-refractivity contribution < 1.29 is 14.3 Å². The molecule has 0 aromatic heterocycles. The number of carbonyl (C=O) groups is 1. The number of fused-ring (bicyclic) bond motifs is 1. The minimum Gasteiger partial charge on any atom is -0.456 e. The van der Waals surface area contributed by atoms with E-state index in [9.17, 15) is 4.79 Å². The normalized spacial score (nSPS) is 13.9. The second kappa shape index (κ2) is 5.01. The lowest BCUT2D eigenvalue weighted by Gasteiger charge is -2.19. The highest BCUT2D eigenvalue weighted by Crippen LogP contribution is 2.27. The number of hydrogen-bond donors (Lipinski definition) is 0. The van der Waals surface area contributed by atoms with Gasteiger partial charge in [-0.05, 0) is 24.5 Å². The molecular weight excluding hydrogens is 204 g/mol. The van der Waals surface area contributed by atoms with E-state index in [0.29, 0.717) is 11.3 Å². The molecule has 0 aliphatic carbocycles. The molecule has 1 aliphatic rings. The van der Waals surface area contributed by atoms with Crippen LogP contribution < -0.4 is 4.74 Å². The van der Waals surface area contributed by atoms with Crippen LogP contribution in [0, 0.1) is 0 Å². The number of ether oxygens (including phenoxy) is 2. The molecule has 0 radical (unpaired) electrons. The van der Waals surface area contributed by atoms with Crippen LogP contribution in [0.5, 0.6) is 5.75 Å². The molecule has 0 fully saturated rings. The number of carbonyl (C=O) groups excluding carboxylic acids is 1. The average molecular weight is 220 g/mol. The summed E-state index contributed by atoms with van der Waals surface area (Å²) in [5, 5.41) is 0. The molecule has 0 atom stereocenters. The van der Waals surface area contributed by atoms with E-state index in [1.54, 1.807) is 0 Å². The zero-order valence-electron chi connectivity index (χ0n) is 9.49. The molecule has 3 heteroatoms. The van der Waals surface area contributed by atoms with Crippen LogP contribution in [-0.4, -0.2) is 12.8 Å². The number of esters is 1. The van der Waals surface area contributed by atoms with E-state index >= 15 is 0 Å².